The first-order valence-electron chi connectivity index (χ1n) is 6.94. The van der Waals surface area contributed by atoms with Gasteiger partial charge in [-0.3, -0.25) is 0 Å². The topological polar surface area (TPSA) is 73.9 Å². The van der Waals surface area contributed by atoms with E-state index in [1.165, 1.54) is 0 Å². The fraction of sp³-hybridized carbons (Fsp3) is 0.176. The standard InChI is InChI=1S/C17H17BrN2O3/c1-11-7-12(2)9-15(8-11)22-10-16(21)23-20-17(19)13-3-5-14(18)6-4-13/h3-9H,10H2,1-2H3,(H2,19,20). The van der Waals surface area contributed by atoms with E-state index in [9.17, 15) is 4.79 Å². The Morgan fingerprint density at radius 1 is 1.13 bits per heavy atom. The van der Waals surface area contributed by atoms with Gasteiger partial charge >= 0.3 is 5.97 Å². The maximum absolute atomic E-state index is 11.7. The molecule has 0 amide bonds. The smallest absolute Gasteiger partial charge is 0.372 e. The molecule has 0 radical (unpaired) electrons. The minimum absolute atomic E-state index is 0.122. The number of ether oxygens (including phenoxy) is 1. The molecule has 5 nitrogen and oxygen atoms in total. The number of hydrogen-bond donors (Lipinski definition) is 1. The van der Waals surface area contributed by atoms with Crippen LogP contribution in [0.5, 0.6) is 5.75 Å². The molecule has 0 bridgehead atoms. The van der Waals surface area contributed by atoms with Crippen LogP contribution in [0.15, 0.2) is 52.1 Å². The van der Waals surface area contributed by atoms with Gasteiger partial charge in [0.25, 0.3) is 0 Å². The van der Waals surface area contributed by atoms with E-state index in [4.69, 9.17) is 15.3 Å². The van der Waals surface area contributed by atoms with Crippen LogP contribution >= 0.6 is 15.9 Å². The molecule has 2 aromatic rings. The number of hydrogen-bond acceptors (Lipinski definition) is 4. The molecular formula is C17H17BrN2O3. The number of oxime groups is 1. The van der Waals surface area contributed by atoms with Gasteiger partial charge in [-0.25, -0.2) is 4.79 Å². The maximum Gasteiger partial charge on any atom is 0.372 e. The molecule has 2 rings (SSSR count). The number of rotatable bonds is 5. The molecule has 0 aromatic heterocycles. The second kappa shape index (κ2) is 7.78. The fourth-order valence-electron chi connectivity index (χ4n) is 1.96. The number of halogens is 1. The van der Waals surface area contributed by atoms with Crippen molar-refractivity contribution < 1.29 is 14.4 Å². The van der Waals surface area contributed by atoms with Crippen LogP contribution in [0.25, 0.3) is 0 Å². The van der Waals surface area contributed by atoms with Crippen molar-refractivity contribution in [3.05, 3.63) is 63.6 Å². The van der Waals surface area contributed by atoms with Crippen LogP contribution in [-0.4, -0.2) is 18.4 Å². The Bertz CT molecular complexity index is 707. The van der Waals surface area contributed by atoms with E-state index in [-0.39, 0.29) is 12.4 Å². The van der Waals surface area contributed by atoms with Crippen molar-refractivity contribution in [1.82, 2.24) is 0 Å². The van der Waals surface area contributed by atoms with Crippen molar-refractivity contribution >= 4 is 27.7 Å². The van der Waals surface area contributed by atoms with Gasteiger partial charge in [0.2, 0.25) is 0 Å². The van der Waals surface area contributed by atoms with E-state index in [2.05, 4.69) is 21.1 Å². The summed E-state index contributed by atoms with van der Waals surface area (Å²) in [5.41, 5.74) is 8.54. The van der Waals surface area contributed by atoms with E-state index < -0.39 is 5.97 Å². The summed E-state index contributed by atoms with van der Waals surface area (Å²) in [6.07, 6.45) is 0. The van der Waals surface area contributed by atoms with Gasteiger partial charge < -0.3 is 15.3 Å². The Balaban J connectivity index is 1.89. The molecule has 2 aromatic carbocycles. The van der Waals surface area contributed by atoms with Gasteiger partial charge in [0.15, 0.2) is 12.4 Å². The Labute approximate surface area is 143 Å². The number of amidine groups is 1. The summed E-state index contributed by atoms with van der Waals surface area (Å²) in [5.74, 6) is 0.116. The molecule has 0 heterocycles. The second-order valence-corrected chi connectivity index (χ2v) is 5.97. The zero-order valence-corrected chi connectivity index (χ0v) is 14.5. The highest BCUT2D eigenvalue weighted by molar-refractivity contribution is 9.10. The minimum Gasteiger partial charge on any atom is -0.482 e. The van der Waals surface area contributed by atoms with Crippen molar-refractivity contribution in [2.24, 2.45) is 10.9 Å². The molecule has 0 saturated heterocycles. The highest BCUT2D eigenvalue weighted by Crippen LogP contribution is 2.16. The van der Waals surface area contributed by atoms with Gasteiger partial charge in [-0.1, -0.05) is 39.3 Å². The number of benzene rings is 2. The van der Waals surface area contributed by atoms with Crippen molar-refractivity contribution in [2.45, 2.75) is 13.8 Å². The molecule has 0 aliphatic rings. The third-order valence-electron chi connectivity index (χ3n) is 2.94. The van der Waals surface area contributed by atoms with Gasteiger partial charge in [0, 0.05) is 10.0 Å². The molecule has 0 aliphatic carbocycles. The molecule has 0 atom stereocenters. The first-order valence-corrected chi connectivity index (χ1v) is 7.73. The van der Waals surface area contributed by atoms with E-state index in [1.54, 1.807) is 12.1 Å². The van der Waals surface area contributed by atoms with Crippen LogP contribution in [-0.2, 0) is 9.63 Å². The van der Waals surface area contributed by atoms with Crippen LogP contribution in [0.4, 0.5) is 0 Å². The summed E-state index contributed by atoms with van der Waals surface area (Å²) < 4.78 is 6.32. The van der Waals surface area contributed by atoms with Crippen molar-refractivity contribution in [3.8, 4) is 5.75 Å². The predicted molar refractivity (Wildman–Crippen MR) is 92.4 cm³/mol. The second-order valence-electron chi connectivity index (χ2n) is 5.06. The van der Waals surface area contributed by atoms with Crippen LogP contribution in [0.2, 0.25) is 0 Å². The Kier molecular flexibility index (Phi) is 5.76. The monoisotopic (exact) mass is 376 g/mol. The number of aryl methyl sites for hydroxylation is 2. The fourth-order valence-corrected chi connectivity index (χ4v) is 2.22. The lowest BCUT2D eigenvalue weighted by atomic mass is 10.1. The summed E-state index contributed by atoms with van der Waals surface area (Å²) in [5, 5.41) is 3.62. The lowest BCUT2D eigenvalue weighted by Crippen LogP contribution is -2.18. The Morgan fingerprint density at radius 2 is 1.74 bits per heavy atom. The summed E-state index contributed by atoms with van der Waals surface area (Å²) >= 11 is 3.33. The van der Waals surface area contributed by atoms with E-state index in [0.717, 1.165) is 15.6 Å². The third-order valence-corrected chi connectivity index (χ3v) is 3.47. The lowest BCUT2D eigenvalue weighted by molar-refractivity contribution is -0.146. The molecule has 23 heavy (non-hydrogen) atoms. The van der Waals surface area contributed by atoms with Crippen LogP contribution in [0, 0.1) is 13.8 Å². The molecule has 2 N–H and O–H groups in total. The van der Waals surface area contributed by atoms with E-state index >= 15 is 0 Å². The molecule has 0 unspecified atom stereocenters. The largest absolute Gasteiger partial charge is 0.482 e. The number of nitrogens with two attached hydrogens (primary N) is 1. The summed E-state index contributed by atoms with van der Waals surface area (Å²) in [6.45, 7) is 3.68. The van der Waals surface area contributed by atoms with E-state index in [1.807, 2.05) is 44.2 Å². The first kappa shape index (κ1) is 17.0. The highest BCUT2D eigenvalue weighted by atomic mass is 79.9. The molecule has 0 aliphatic heterocycles. The first-order chi connectivity index (χ1) is 10.9. The SMILES string of the molecule is Cc1cc(C)cc(OCC(=O)O/N=C(/N)c2ccc(Br)cc2)c1. The van der Waals surface area contributed by atoms with E-state index in [0.29, 0.717) is 11.3 Å². The van der Waals surface area contributed by atoms with Crippen LogP contribution in [0.1, 0.15) is 16.7 Å². The molecule has 0 fully saturated rings. The summed E-state index contributed by atoms with van der Waals surface area (Å²) in [6, 6.07) is 12.9. The van der Waals surface area contributed by atoms with Crippen molar-refractivity contribution in [3.63, 3.8) is 0 Å². The minimum atomic E-state index is -0.621. The maximum atomic E-state index is 11.7. The average molecular weight is 377 g/mol. The van der Waals surface area contributed by atoms with Gasteiger partial charge in [-0.05, 0) is 49.2 Å². The molecule has 120 valence electrons. The van der Waals surface area contributed by atoms with Crippen molar-refractivity contribution in [2.75, 3.05) is 6.61 Å². The molecule has 0 spiro atoms. The zero-order chi connectivity index (χ0) is 16.8. The molecule has 0 saturated carbocycles. The lowest BCUT2D eigenvalue weighted by Gasteiger charge is -2.06. The van der Waals surface area contributed by atoms with Gasteiger partial charge in [0.1, 0.15) is 5.75 Å². The number of carbonyl (C=O) groups excluding carboxylic acids is 1. The quantitative estimate of drug-likeness (QED) is 0.376. The van der Waals surface area contributed by atoms with Gasteiger partial charge in [0.05, 0.1) is 0 Å². The zero-order valence-electron chi connectivity index (χ0n) is 12.9. The van der Waals surface area contributed by atoms with Gasteiger partial charge in [-0.2, -0.15) is 0 Å². The normalized spacial score (nSPS) is 11.2. The molecular weight excluding hydrogens is 360 g/mol. The number of nitrogens with zero attached hydrogens (tertiary/aromatic N) is 1. The van der Waals surface area contributed by atoms with Crippen molar-refractivity contribution in [1.29, 1.82) is 0 Å². The van der Waals surface area contributed by atoms with Crippen LogP contribution in [0.3, 0.4) is 0 Å². The number of carbonyl (C=O) groups is 1. The molecule has 6 heteroatoms. The third kappa shape index (κ3) is 5.41. The Hall–Kier alpha value is -2.34. The summed E-state index contributed by atoms with van der Waals surface area (Å²) in [4.78, 5) is 16.4. The summed E-state index contributed by atoms with van der Waals surface area (Å²) in [7, 11) is 0. The Morgan fingerprint density at radius 3 is 2.35 bits per heavy atom. The predicted octanol–water partition coefficient (Wildman–Crippen LogP) is 3.31. The van der Waals surface area contributed by atoms with Crippen LogP contribution < -0.4 is 10.5 Å². The highest BCUT2D eigenvalue weighted by Gasteiger charge is 2.06. The average Bonchev–Trinajstić information content (AvgIpc) is 2.50. The van der Waals surface area contributed by atoms with Gasteiger partial charge in [-0.15, -0.1) is 0 Å².